The normalized spacial score (nSPS) is 11.2. The van der Waals surface area contributed by atoms with Crippen LogP contribution in [0.15, 0.2) is 57.2 Å². The van der Waals surface area contributed by atoms with Crippen LogP contribution in [0.2, 0.25) is 0 Å². The Morgan fingerprint density at radius 2 is 1.82 bits per heavy atom. The molecule has 0 radical (unpaired) electrons. The van der Waals surface area contributed by atoms with Crippen LogP contribution in [-0.2, 0) is 14.6 Å². The zero-order valence-electron chi connectivity index (χ0n) is 12.2. The number of carbonyl (C=O) groups excluding carboxylic acids is 1. The number of hydrogen-bond donors (Lipinski definition) is 2. The van der Waals surface area contributed by atoms with E-state index in [2.05, 4.69) is 5.32 Å². The highest BCUT2D eigenvalue weighted by Crippen LogP contribution is 2.28. The van der Waals surface area contributed by atoms with E-state index in [0.29, 0.717) is 5.69 Å². The molecule has 116 valence electrons. The molecule has 0 spiro atoms. The molecule has 0 aromatic heterocycles. The van der Waals surface area contributed by atoms with Crippen LogP contribution in [0.25, 0.3) is 0 Å². The standard InChI is InChI=1S/C15H16N2O3S2/c1-10(18)17-15-7-6-13(9-14(15)16)22(19,20)12-5-3-4-11(8-12)21-2/h3-9H,16H2,1-2H3,(H,17,18). The number of nitrogens with one attached hydrogen (secondary N) is 1. The fourth-order valence-electron chi connectivity index (χ4n) is 1.92. The van der Waals surface area contributed by atoms with Crippen molar-refractivity contribution < 1.29 is 13.2 Å². The molecule has 5 nitrogen and oxygen atoms in total. The molecule has 0 saturated carbocycles. The molecule has 0 bridgehead atoms. The van der Waals surface area contributed by atoms with Gasteiger partial charge in [0.15, 0.2) is 0 Å². The van der Waals surface area contributed by atoms with Crippen molar-refractivity contribution in [3.05, 3.63) is 42.5 Å². The summed E-state index contributed by atoms with van der Waals surface area (Å²) in [6.07, 6.45) is 1.88. The molecule has 1 amide bonds. The summed E-state index contributed by atoms with van der Waals surface area (Å²) in [6.45, 7) is 1.36. The van der Waals surface area contributed by atoms with E-state index in [-0.39, 0.29) is 21.4 Å². The monoisotopic (exact) mass is 336 g/mol. The van der Waals surface area contributed by atoms with Gasteiger partial charge in [-0.25, -0.2) is 8.42 Å². The largest absolute Gasteiger partial charge is 0.397 e. The Labute approximate surface area is 133 Å². The molecule has 3 N–H and O–H groups in total. The van der Waals surface area contributed by atoms with Gasteiger partial charge in [-0.3, -0.25) is 4.79 Å². The fraction of sp³-hybridized carbons (Fsp3) is 0.133. The van der Waals surface area contributed by atoms with Crippen LogP contribution in [0.3, 0.4) is 0 Å². The number of nitrogens with two attached hydrogens (primary N) is 1. The van der Waals surface area contributed by atoms with Crippen molar-refractivity contribution in [2.75, 3.05) is 17.3 Å². The molecule has 0 heterocycles. The molecule has 0 aliphatic carbocycles. The maximum atomic E-state index is 12.6. The lowest BCUT2D eigenvalue weighted by molar-refractivity contribution is -0.114. The van der Waals surface area contributed by atoms with Gasteiger partial charge in [-0.05, 0) is 42.7 Å². The van der Waals surface area contributed by atoms with Gasteiger partial charge in [0.2, 0.25) is 15.7 Å². The minimum atomic E-state index is -3.65. The molecule has 2 aromatic carbocycles. The average molecular weight is 336 g/mol. The third kappa shape index (κ3) is 3.42. The summed E-state index contributed by atoms with van der Waals surface area (Å²) in [4.78, 5) is 12.2. The third-order valence-electron chi connectivity index (χ3n) is 3.00. The molecule has 2 aromatic rings. The second-order valence-corrected chi connectivity index (χ2v) is 7.44. The lowest BCUT2D eigenvalue weighted by Crippen LogP contribution is -2.09. The fourth-order valence-corrected chi connectivity index (χ4v) is 3.79. The molecule has 0 atom stereocenters. The van der Waals surface area contributed by atoms with Crippen molar-refractivity contribution in [1.82, 2.24) is 0 Å². The Morgan fingerprint density at radius 3 is 2.41 bits per heavy atom. The van der Waals surface area contributed by atoms with Gasteiger partial charge >= 0.3 is 0 Å². The quantitative estimate of drug-likeness (QED) is 0.662. The van der Waals surface area contributed by atoms with Crippen LogP contribution in [0.5, 0.6) is 0 Å². The summed E-state index contributed by atoms with van der Waals surface area (Å²) in [5, 5.41) is 2.55. The number of rotatable bonds is 4. The smallest absolute Gasteiger partial charge is 0.221 e. The molecule has 0 unspecified atom stereocenters. The van der Waals surface area contributed by atoms with E-state index >= 15 is 0 Å². The Kier molecular flexibility index (Phi) is 4.77. The maximum absolute atomic E-state index is 12.6. The van der Waals surface area contributed by atoms with Gasteiger partial charge in [0.1, 0.15) is 0 Å². The summed E-state index contributed by atoms with van der Waals surface area (Å²) in [5.74, 6) is -0.269. The van der Waals surface area contributed by atoms with Crippen LogP contribution in [-0.4, -0.2) is 20.6 Å². The predicted octanol–water partition coefficient (Wildman–Crippen LogP) is 2.78. The van der Waals surface area contributed by atoms with Crippen molar-refractivity contribution in [3.8, 4) is 0 Å². The van der Waals surface area contributed by atoms with E-state index in [1.807, 2.05) is 12.3 Å². The van der Waals surface area contributed by atoms with Gasteiger partial charge in [-0.1, -0.05) is 6.07 Å². The Hall–Kier alpha value is -1.99. The van der Waals surface area contributed by atoms with Crippen LogP contribution >= 0.6 is 11.8 Å². The van der Waals surface area contributed by atoms with Crippen LogP contribution in [0, 0.1) is 0 Å². The molecular weight excluding hydrogens is 320 g/mol. The van der Waals surface area contributed by atoms with Gasteiger partial charge in [-0.2, -0.15) is 0 Å². The minimum absolute atomic E-state index is 0.0948. The zero-order valence-corrected chi connectivity index (χ0v) is 13.8. The molecule has 7 heteroatoms. The maximum Gasteiger partial charge on any atom is 0.221 e. The molecule has 0 saturated heterocycles. The van der Waals surface area contributed by atoms with Crippen molar-refractivity contribution in [2.45, 2.75) is 21.6 Å². The summed E-state index contributed by atoms with van der Waals surface area (Å²) in [5.41, 5.74) is 6.42. The van der Waals surface area contributed by atoms with Gasteiger partial charge in [-0.15, -0.1) is 11.8 Å². The van der Waals surface area contributed by atoms with Gasteiger partial charge in [0, 0.05) is 11.8 Å². The number of carbonyl (C=O) groups is 1. The SMILES string of the molecule is CSc1cccc(S(=O)(=O)c2ccc(NC(C)=O)c(N)c2)c1. The van der Waals surface area contributed by atoms with E-state index in [0.717, 1.165) is 4.90 Å². The summed E-state index contributed by atoms with van der Waals surface area (Å²) >= 11 is 1.47. The highest BCUT2D eigenvalue weighted by atomic mass is 32.2. The van der Waals surface area contributed by atoms with Crippen molar-refractivity contribution >= 4 is 38.9 Å². The first-order valence-electron chi connectivity index (χ1n) is 6.41. The lowest BCUT2D eigenvalue weighted by Gasteiger charge is -2.10. The molecule has 2 rings (SSSR count). The second kappa shape index (κ2) is 6.41. The molecule has 0 aliphatic heterocycles. The number of benzene rings is 2. The van der Waals surface area contributed by atoms with Gasteiger partial charge in [0.05, 0.1) is 21.2 Å². The molecular formula is C15H16N2O3S2. The number of hydrogen-bond acceptors (Lipinski definition) is 5. The summed E-state index contributed by atoms with van der Waals surface area (Å²) < 4.78 is 25.3. The van der Waals surface area contributed by atoms with E-state index in [1.54, 1.807) is 18.2 Å². The lowest BCUT2D eigenvalue weighted by atomic mass is 10.2. The van der Waals surface area contributed by atoms with E-state index in [9.17, 15) is 13.2 Å². The van der Waals surface area contributed by atoms with Crippen LogP contribution in [0.4, 0.5) is 11.4 Å². The summed E-state index contributed by atoms with van der Waals surface area (Å²) in [6, 6.07) is 11.0. The third-order valence-corrected chi connectivity index (χ3v) is 5.47. The van der Waals surface area contributed by atoms with Crippen molar-refractivity contribution in [1.29, 1.82) is 0 Å². The minimum Gasteiger partial charge on any atom is -0.397 e. The number of sulfone groups is 1. The van der Waals surface area contributed by atoms with E-state index in [4.69, 9.17) is 5.73 Å². The van der Waals surface area contributed by atoms with Crippen molar-refractivity contribution in [2.24, 2.45) is 0 Å². The molecule has 22 heavy (non-hydrogen) atoms. The average Bonchev–Trinajstić information content (AvgIpc) is 2.49. The van der Waals surface area contributed by atoms with Gasteiger partial charge in [0.25, 0.3) is 0 Å². The number of anilines is 2. The first kappa shape index (κ1) is 16.4. The second-order valence-electron chi connectivity index (χ2n) is 4.61. The van der Waals surface area contributed by atoms with Crippen molar-refractivity contribution in [3.63, 3.8) is 0 Å². The first-order chi connectivity index (χ1) is 10.3. The van der Waals surface area contributed by atoms with Crippen LogP contribution in [0.1, 0.15) is 6.92 Å². The summed E-state index contributed by atoms with van der Waals surface area (Å²) in [7, 11) is -3.65. The zero-order chi connectivity index (χ0) is 16.3. The first-order valence-corrected chi connectivity index (χ1v) is 9.11. The Morgan fingerprint density at radius 1 is 1.14 bits per heavy atom. The number of nitrogen functional groups attached to an aromatic ring is 1. The number of thioether (sulfide) groups is 1. The highest BCUT2D eigenvalue weighted by Gasteiger charge is 2.19. The molecule has 0 aliphatic rings. The topological polar surface area (TPSA) is 89.3 Å². The van der Waals surface area contributed by atoms with E-state index in [1.165, 1.54) is 36.9 Å². The van der Waals surface area contributed by atoms with E-state index < -0.39 is 9.84 Å². The van der Waals surface area contributed by atoms with Gasteiger partial charge < -0.3 is 11.1 Å². The Bertz CT molecular complexity index is 817. The highest BCUT2D eigenvalue weighted by molar-refractivity contribution is 7.98. The van der Waals surface area contributed by atoms with Crippen LogP contribution < -0.4 is 11.1 Å². The number of amides is 1. The Balaban J connectivity index is 2.45. The predicted molar refractivity (Wildman–Crippen MR) is 88.8 cm³/mol. The molecule has 0 fully saturated rings.